The summed E-state index contributed by atoms with van der Waals surface area (Å²) < 4.78 is 16.3. The van der Waals surface area contributed by atoms with Gasteiger partial charge in [-0.05, 0) is 41.7 Å². The molecule has 2 amide bonds. The van der Waals surface area contributed by atoms with Crippen molar-refractivity contribution in [3.63, 3.8) is 0 Å². The maximum absolute atomic E-state index is 14.6. The van der Waals surface area contributed by atoms with E-state index in [1.165, 1.54) is 17.2 Å². The molecule has 4 aromatic rings. The Balaban J connectivity index is 1.68. The maximum Gasteiger partial charge on any atom is 0.275 e. The van der Waals surface area contributed by atoms with Crippen molar-refractivity contribution in [2.45, 2.75) is 24.9 Å². The lowest BCUT2D eigenvalue weighted by atomic mass is 9.98. The quantitative estimate of drug-likeness (QED) is 0.486. The molecule has 2 atom stereocenters. The number of aromatic nitrogens is 3. The smallest absolute Gasteiger partial charge is 0.275 e. The molecule has 0 saturated heterocycles. The van der Waals surface area contributed by atoms with E-state index >= 15 is 0 Å². The first kappa shape index (κ1) is 21.1. The molecule has 2 aromatic carbocycles. The third kappa shape index (κ3) is 3.72. The van der Waals surface area contributed by atoms with E-state index in [0.29, 0.717) is 35.2 Å². The fourth-order valence-corrected chi connectivity index (χ4v) is 4.74. The van der Waals surface area contributed by atoms with E-state index in [0.717, 1.165) is 0 Å². The lowest BCUT2D eigenvalue weighted by Gasteiger charge is -2.35. The second-order valence-electron chi connectivity index (χ2n) is 7.91. The molecule has 0 spiro atoms. The number of rotatable bonds is 5. The zero-order valence-corrected chi connectivity index (χ0v) is 18.1. The van der Waals surface area contributed by atoms with Crippen LogP contribution >= 0.6 is 11.6 Å². The number of hydrogen-bond acceptors (Lipinski definition) is 4. The van der Waals surface area contributed by atoms with Crippen LogP contribution in [0.4, 0.5) is 4.39 Å². The Labute approximate surface area is 193 Å². The molecule has 9 heteroatoms. The second kappa shape index (κ2) is 8.29. The molecule has 2 heterocycles. The van der Waals surface area contributed by atoms with E-state index in [-0.39, 0.29) is 10.7 Å². The van der Waals surface area contributed by atoms with Gasteiger partial charge in [0.15, 0.2) is 5.65 Å². The van der Waals surface area contributed by atoms with E-state index in [1.54, 1.807) is 53.3 Å². The van der Waals surface area contributed by atoms with Crippen LogP contribution in [0, 0.1) is 5.82 Å². The fourth-order valence-electron chi connectivity index (χ4n) is 4.52. The molecule has 7 nitrogen and oxygen atoms in total. The van der Waals surface area contributed by atoms with Gasteiger partial charge in [0, 0.05) is 23.6 Å². The molecule has 2 N–H and O–H groups in total. The van der Waals surface area contributed by atoms with Crippen molar-refractivity contribution in [1.82, 2.24) is 19.3 Å². The lowest BCUT2D eigenvalue weighted by Crippen LogP contribution is -2.43. The normalized spacial score (nSPS) is 15.9. The number of nitrogens with zero attached hydrogens (tertiary/aromatic N) is 4. The molecule has 0 saturated carbocycles. The molecule has 166 valence electrons. The molecule has 33 heavy (non-hydrogen) atoms. The maximum atomic E-state index is 14.6. The van der Waals surface area contributed by atoms with E-state index in [4.69, 9.17) is 17.3 Å². The molecular weight excluding hydrogens is 445 g/mol. The SMILES string of the molecule is NC(=O)C(c1ccccc1)N(C(=O)c1cn2ccncc2n1)[C@@H]1CCc2c(F)cc(Cl)cc21. The number of halogens is 2. The van der Waals surface area contributed by atoms with Gasteiger partial charge in [-0.25, -0.2) is 9.37 Å². The minimum Gasteiger partial charge on any atom is -0.368 e. The highest BCUT2D eigenvalue weighted by Crippen LogP contribution is 2.43. The molecule has 1 unspecified atom stereocenters. The van der Waals surface area contributed by atoms with Crippen molar-refractivity contribution in [3.05, 3.63) is 100 Å². The highest BCUT2D eigenvalue weighted by Gasteiger charge is 2.41. The Morgan fingerprint density at radius 1 is 1.24 bits per heavy atom. The number of primary amides is 1. The third-order valence-electron chi connectivity index (χ3n) is 5.94. The van der Waals surface area contributed by atoms with E-state index in [9.17, 15) is 14.0 Å². The highest BCUT2D eigenvalue weighted by molar-refractivity contribution is 6.30. The summed E-state index contributed by atoms with van der Waals surface area (Å²) in [5.41, 5.74) is 8.06. The van der Waals surface area contributed by atoms with Gasteiger partial charge < -0.3 is 15.0 Å². The van der Waals surface area contributed by atoms with Crippen LogP contribution in [0.15, 0.2) is 67.3 Å². The number of carbonyl (C=O) groups is 2. The molecule has 0 radical (unpaired) electrons. The van der Waals surface area contributed by atoms with Gasteiger partial charge in [0.25, 0.3) is 5.91 Å². The number of nitrogens with two attached hydrogens (primary N) is 1. The van der Waals surface area contributed by atoms with Gasteiger partial charge >= 0.3 is 0 Å². The van der Waals surface area contributed by atoms with E-state index in [2.05, 4.69) is 9.97 Å². The minimum atomic E-state index is -1.08. The Hall–Kier alpha value is -3.78. The predicted octanol–water partition coefficient (Wildman–Crippen LogP) is 3.88. The first-order valence-electron chi connectivity index (χ1n) is 10.4. The number of benzene rings is 2. The average molecular weight is 464 g/mol. The summed E-state index contributed by atoms with van der Waals surface area (Å²) >= 11 is 6.15. The molecular formula is C24H19ClFN5O2. The Morgan fingerprint density at radius 2 is 2.03 bits per heavy atom. The number of amides is 2. The Kier molecular flexibility index (Phi) is 5.30. The first-order valence-corrected chi connectivity index (χ1v) is 10.8. The van der Waals surface area contributed by atoms with Gasteiger partial charge in [0.05, 0.1) is 12.2 Å². The largest absolute Gasteiger partial charge is 0.368 e. The summed E-state index contributed by atoms with van der Waals surface area (Å²) in [6.07, 6.45) is 7.18. The molecule has 2 aromatic heterocycles. The Morgan fingerprint density at radius 3 is 2.76 bits per heavy atom. The summed E-state index contributed by atoms with van der Waals surface area (Å²) in [7, 11) is 0. The van der Waals surface area contributed by atoms with Crippen molar-refractivity contribution in [3.8, 4) is 0 Å². The first-order chi connectivity index (χ1) is 15.9. The fraction of sp³-hybridized carbons (Fsp3) is 0.167. The van der Waals surface area contributed by atoms with E-state index < -0.39 is 29.7 Å². The van der Waals surface area contributed by atoms with Crippen molar-refractivity contribution in [2.24, 2.45) is 5.73 Å². The zero-order valence-electron chi connectivity index (χ0n) is 17.4. The Bertz CT molecular complexity index is 1340. The summed E-state index contributed by atoms with van der Waals surface area (Å²) in [6.45, 7) is 0. The number of hydrogen-bond donors (Lipinski definition) is 1. The number of imidazole rings is 1. The second-order valence-corrected chi connectivity index (χ2v) is 8.34. The van der Waals surface area contributed by atoms with Gasteiger partial charge in [0.2, 0.25) is 5.91 Å². The van der Waals surface area contributed by atoms with Crippen molar-refractivity contribution in [2.75, 3.05) is 0 Å². The summed E-state index contributed by atoms with van der Waals surface area (Å²) in [5.74, 6) is -1.62. The van der Waals surface area contributed by atoms with Crippen LogP contribution in [0.25, 0.3) is 5.65 Å². The van der Waals surface area contributed by atoms with E-state index in [1.807, 2.05) is 6.07 Å². The van der Waals surface area contributed by atoms with Crippen molar-refractivity contribution in [1.29, 1.82) is 0 Å². The summed E-state index contributed by atoms with van der Waals surface area (Å²) in [5, 5.41) is 0.222. The van der Waals surface area contributed by atoms with Crippen LogP contribution in [-0.2, 0) is 11.2 Å². The summed E-state index contributed by atoms with van der Waals surface area (Å²) in [6, 6.07) is 10.0. The van der Waals surface area contributed by atoms with Crippen LogP contribution in [0.2, 0.25) is 5.02 Å². The molecule has 5 rings (SSSR count). The molecule has 0 fully saturated rings. The minimum absolute atomic E-state index is 0.126. The number of fused-ring (bicyclic) bond motifs is 2. The monoisotopic (exact) mass is 463 g/mol. The standard InChI is InChI=1S/C24H19ClFN5O2/c25-15-10-17-16(18(26)11-15)6-7-20(17)31(22(23(27)32)14-4-2-1-3-5-14)24(33)19-13-30-9-8-28-12-21(30)29-19/h1-5,8-13,20,22H,6-7H2,(H2,27,32)/t20-,22?/m1/s1. The number of carbonyl (C=O) groups excluding carboxylic acids is 2. The van der Waals surface area contributed by atoms with Crippen LogP contribution in [-0.4, -0.2) is 31.1 Å². The molecule has 1 aliphatic carbocycles. The van der Waals surface area contributed by atoms with Crippen LogP contribution < -0.4 is 5.73 Å². The van der Waals surface area contributed by atoms with Crippen LogP contribution in [0.3, 0.4) is 0 Å². The topological polar surface area (TPSA) is 93.6 Å². The average Bonchev–Trinajstić information content (AvgIpc) is 3.41. The molecule has 0 bridgehead atoms. The van der Waals surface area contributed by atoms with Gasteiger partial charge in [-0.3, -0.25) is 14.6 Å². The van der Waals surface area contributed by atoms with Gasteiger partial charge in [-0.15, -0.1) is 0 Å². The zero-order chi connectivity index (χ0) is 23.1. The highest BCUT2D eigenvalue weighted by atomic mass is 35.5. The van der Waals surface area contributed by atoms with Crippen molar-refractivity contribution >= 4 is 29.1 Å². The predicted molar refractivity (Wildman–Crippen MR) is 120 cm³/mol. The summed E-state index contributed by atoms with van der Waals surface area (Å²) in [4.78, 5) is 36.5. The van der Waals surface area contributed by atoms with Crippen molar-refractivity contribution < 1.29 is 14.0 Å². The van der Waals surface area contributed by atoms with Gasteiger partial charge in [-0.2, -0.15) is 0 Å². The molecule has 0 aliphatic heterocycles. The van der Waals surface area contributed by atoms with Crippen LogP contribution in [0.1, 0.15) is 45.7 Å². The molecule has 1 aliphatic rings. The lowest BCUT2D eigenvalue weighted by molar-refractivity contribution is -0.123. The van der Waals surface area contributed by atoms with Crippen LogP contribution in [0.5, 0.6) is 0 Å². The van der Waals surface area contributed by atoms with Gasteiger partial charge in [0.1, 0.15) is 17.6 Å². The van der Waals surface area contributed by atoms with Gasteiger partial charge in [-0.1, -0.05) is 41.9 Å². The third-order valence-corrected chi connectivity index (χ3v) is 6.16.